The largest absolute Gasteiger partial charge is 0.495 e. The Morgan fingerprint density at radius 1 is 1.43 bits per heavy atom. The molecule has 21 heavy (non-hydrogen) atoms. The monoisotopic (exact) mass is 305 g/mol. The van der Waals surface area contributed by atoms with Crippen LogP contribution in [-0.4, -0.2) is 23.0 Å². The van der Waals surface area contributed by atoms with Crippen LogP contribution < -0.4 is 15.8 Å². The number of pyridine rings is 1. The van der Waals surface area contributed by atoms with E-state index in [9.17, 15) is 9.18 Å². The highest BCUT2D eigenvalue weighted by Gasteiger charge is 2.14. The van der Waals surface area contributed by atoms with Crippen LogP contribution in [0.2, 0.25) is 0 Å². The Morgan fingerprint density at radius 2 is 2.19 bits per heavy atom. The molecule has 1 amide bonds. The molecule has 3 N–H and O–H groups in total. The van der Waals surface area contributed by atoms with E-state index in [2.05, 4.69) is 10.3 Å². The summed E-state index contributed by atoms with van der Waals surface area (Å²) in [6.45, 7) is 0. The summed E-state index contributed by atoms with van der Waals surface area (Å²) in [5.74, 6) is -0.923. The van der Waals surface area contributed by atoms with Gasteiger partial charge in [0.15, 0.2) is 5.82 Å². The summed E-state index contributed by atoms with van der Waals surface area (Å²) in [6, 6.07) is 6.12. The number of aromatic nitrogens is 1. The lowest BCUT2D eigenvalue weighted by molar-refractivity contribution is 0.102. The van der Waals surface area contributed by atoms with Crippen LogP contribution in [-0.2, 0) is 0 Å². The van der Waals surface area contributed by atoms with E-state index in [1.165, 1.54) is 19.4 Å². The highest BCUT2D eigenvalue weighted by Crippen LogP contribution is 2.26. The first kappa shape index (κ1) is 14.9. The number of hydrogen-bond donors (Lipinski definition) is 2. The van der Waals surface area contributed by atoms with Gasteiger partial charge < -0.3 is 15.8 Å². The van der Waals surface area contributed by atoms with Crippen LogP contribution in [0.1, 0.15) is 15.9 Å². The second-order valence-electron chi connectivity index (χ2n) is 4.09. The molecule has 0 saturated heterocycles. The fraction of sp³-hybridized carbons (Fsp3) is 0.0714. The first-order chi connectivity index (χ1) is 10.0. The Morgan fingerprint density at radius 3 is 2.81 bits per heavy atom. The van der Waals surface area contributed by atoms with Gasteiger partial charge in [-0.05, 0) is 24.3 Å². The van der Waals surface area contributed by atoms with Crippen LogP contribution in [0.3, 0.4) is 0 Å². The summed E-state index contributed by atoms with van der Waals surface area (Å²) in [7, 11) is 1.45. The molecule has 5 nitrogen and oxygen atoms in total. The summed E-state index contributed by atoms with van der Waals surface area (Å²) in [5, 5.41) is 2.57. The third-order valence-corrected chi connectivity index (χ3v) is 2.99. The lowest BCUT2D eigenvalue weighted by atomic mass is 10.1. The molecule has 7 heteroatoms. The third-order valence-electron chi connectivity index (χ3n) is 2.75. The fourth-order valence-corrected chi connectivity index (χ4v) is 1.82. The van der Waals surface area contributed by atoms with E-state index >= 15 is 0 Å². The van der Waals surface area contributed by atoms with Crippen LogP contribution >= 0.6 is 12.2 Å². The van der Waals surface area contributed by atoms with Gasteiger partial charge in [-0.15, -0.1) is 0 Å². The zero-order valence-corrected chi connectivity index (χ0v) is 11.9. The van der Waals surface area contributed by atoms with Gasteiger partial charge in [-0.25, -0.2) is 4.39 Å². The highest BCUT2D eigenvalue weighted by molar-refractivity contribution is 7.80. The first-order valence-corrected chi connectivity index (χ1v) is 6.32. The number of nitrogens with two attached hydrogens (primary N) is 1. The molecule has 0 atom stereocenters. The smallest absolute Gasteiger partial charge is 0.258 e. The van der Waals surface area contributed by atoms with Gasteiger partial charge in [0.25, 0.3) is 5.91 Å². The molecule has 1 aromatic carbocycles. The number of nitrogens with zero attached hydrogens (tertiary/aromatic N) is 1. The van der Waals surface area contributed by atoms with Crippen molar-refractivity contribution >= 4 is 28.8 Å². The van der Waals surface area contributed by atoms with Gasteiger partial charge in [-0.2, -0.15) is 0 Å². The Hall–Kier alpha value is -2.54. The van der Waals surface area contributed by atoms with Gasteiger partial charge >= 0.3 is 0 Å². The van der Waals surface area contributed by atoms with Crippen LogP contribution in [0.5, 0.6) is 5.75 Å². The lowest BCUT2D eigenvalue weighted by Crippen LogP contribution is -2.15. The van der Waals surface area contributed by atoms with Crippen molar-refractivity contribution in [1.82, 2.24) is 4.98 Å². The van der Waals surface area contributed by atoms with E-state index in [0.29, 0.717) is 17.0 Å². The van der Waals surface area contributed by atoms with Crippen LogP contribution in [0.25, 0.3) is 0 Å². The topological polar surface area (TPSA) is 77.2 Å². The maximum Gasteiger partial charge on any atom is 0.258 e. The van der Waals surface area contributed by atoms with E-state index in [0.717, 1.165) is 6.20 Å². The first-order valence-electron chi connectivity index (χ1n) is 5.91. The molecule has 0 unspecified atom stereocenters. The summed E-state index contributed by atoms with van der Waals surface area (Å²) < 4.78 is 18.7. The van der Waals surface area contributed by atoms with Gasteiger partial charge in [0.2, 0.25) is 0 Å². The number of halogens is 1. The SMILES string of the molecule is COc1cc(C(N)=S)ccc1NC(=O)c1ccncc1F. The van der Waals surface area contributed by atoms with Crippen molar-refractivity contribution in [3.63, 3.8) is 0 Å². The van der Waals surface area contributed by atoms with Crippen LogP contribution in [0, 0.1) is 5.82 Å². The second kappa shape index (κ2) is 6.27. The molecule has 0 radical (unpaired) electrons. The molecule has 0 fully saturated rings. The number of ether oxygens (including phenoxy) is 1. The zero-order chi connectivity index (χ0) is 15.4. The molecule has 0 aliphatic carbocycles. The van der Waals surface area contributed by atoms with Crippen molar-refractivity contribution in [2.45, 2.75) is 0 Å². The molecule has 0 bridgehead atoms. The molecular weight excluding hydrogens is 293 g/mol. The van der Waals surface area contributed by atoms with Crippen LogP contribution in [0.4, 0.5) is 10.1 Å². The summed E-state index contributed by atoms with van der Waals surface area (Å²) in [6.07, 6.45) is 2.31. The predicted octanol–water partition coefficient (Wildman–Crippen LogP) is 2.12. The molecule has 0 saturated carbocycles. The molecular formula is C14H12FN3O2S. The maximum absolute atomic E-state index is 13.5. The molecule has 1 aromatic heterocycles. The van der Waals surface area contributed by atoms with Crippen molar-refractivity contribution in [2.24, 2.45) is 5.73 Å². The number of amides is 1. The number of nitrogens with one attached hydrogen (secondary N) is 1. The number of hydrogen-bond acceptors (Lipinski definition) is 4. The van der Waals surface area contributed by atoms with Crippen molar-refractivity contribution in [2.75, 3.05) is 12.4 Å². The maximum atomic E-state index is 13.5. The Labute approximate surface area is 125 Å². The Bertz CT molecular complexity index is 706. The number of rotatable bonds is 4. The van der Waals surface area contributed by atoms with Crippen molar-refractivity contribution in [1.29, 1.82) is 0 Å². The normalized spacial score (nSPS) is 10.0. The van der Waals surface area contributed by atoms with Crippen molar-refractivity contribution in [3.8, 4) is 5.75 Å². The van der Waals surface area contributed by atoms with E-state index in [1.807, 2.05) is 0 Å². The number of carbonyl (C=O) groups is 1. The molecule has 1 heterocycles. The number of thiocarbonyl (C=S) groups is 1. The molecule has 0 spiro atoms. The van der Waals surface area contributed by atoms with E-state index in [-0.39, 0.29) is 10.6 Å². The van der Waals surface area contributed by atoms with Gasteiger partial charge in [0, 0.05) is 11.8 Å². The summed E-state index contributed by atoms with van der Waals surface area (Å²) in [5.41, 5.74) is 6.42. The summed E-state index contributed by atoms with van der Waals surface area (Å²) in [4.78, 5) is 15.8. The number of methoxy groups -OCH3 is 1. The van der Waals surface area contributed by atoms with E-state index in [1.54, 1.807) is 18.2 Å². The summed E-state index contributed by atoms with van der Waals surface area (Å²) >= 11 is 4.87. The molecule has 0 aliphatic rings. The second-order valence-corrected chi connectivity index (χ2v) is 4.53. The fourth-order valence-electron chi connectivity index (χ4n) is 1.70. The average molecular weight is 305 g/mol. The standard InChI is InChI=1S/C14H12FN3O2S/c1-20-12-6-8(13(16)21)2-3-11(12)18-14(19)9-4-5-17-7-10(9)15/h2-7H,1H3,(H2,16,21)(H,18,19). The minimum absolute atomic E-state index is 0.106. The van der Waals surface area contributed by atoms with Gasteiger partial charge in [0.05, 0.1) is 24.6 Å². The zero-order valence-electron chi connectivity index (χ0n) is 11.1. The Balaban J connectivity index is 2.29. The number of benzene rings is 1. The molecule has 2 aromatic rings. The minimum Gasteiger partial charge on any atom is -0.495 e. The quantitative estimate of drug-likeness (QED) is 0.846. The van der Waals surface area contributed by atoms with Gasteiger partial charge in [-0.1, -0.05) is 12.2 Å². The molecule has 0 aliphatic heterocycles. The minimum atomic E-state index is -0.700. The highest BCUT2D eigenvalue weighted by atomic mass is 32.1. The molecule has 108 valence electrons. The van der Waals surface area contributed by atoms with Gasteiger partial charge in [-0.3, -0.25) is 9.78 Å². The average Bonchev–Trinajstić information content (AvgIpc) is 2.47. The van der Waals surface area contributed by atoms with Crippen molar-refractivity contribution in [3.05, 3.63) is 53.6 Å². The molecule has 2 rings (SSSR count). The number of carbonyl (C=O) groups excluding carboxylic acids is 1. The van der Waals surface area contributed by atoms with Crippen molar-refractivity contribution < 1.29 is 13.9 Å². The van der Waals surface area contributed by atoms with E-state index < -0.39 is 11.7 Å². The lowest BCUT2D eigenvalue weighted by Gasteiger charge is -2.11. The third kappa shape index (κ3) is 3.32. The number of anilines is 1. The van der Waals surface area contributed by atoms with Gasteiger partial charge in [0.1, 0.15) is 10.7 Å². The van der Waals surface area contributed by atoms with Crippen LogP contribution in [0.15, 0.2) is 36.7 Å². The Kier molecular flexibility index (Phi) is 4.44. The predicted molar refractivity (Wildman–Crippen MR) is 81.0 cm³/mol. The van der Waals surface area contributed by atoms with E-state index in [4.69, 9.17) is 22.7 Å².